The first-order valence-corrected chi connectivity index (χ1v) is 5.74. The fraction of sp³-hybridized carbons (Fsp3) is 0.444. The van der Waals surface area contributed by atoms with Crippen molar-refractivity contribution < 1.29 is 17.9 Å². The van der Waals surface area contributed by atoms with Crippen molar-refractivity contribution in [2.45, 2.75) is 26.4 Å². The van der Waals surface area contributed by atoms with E-state index in [1.807, 2.05) is 0 Å². The molecule has 8 heteroatoms. The summed E-state index contributed by atoms with van der Waals surface area (Å²) in [6.07, 6.45) is 0.507. The van der Waals surface area contributed by atoms with Gasteiger partial charge in [-0.1, -0.05) is 0 Å². The summed E-state index contributed by atoms with van der Waals surface area (Å²) in [6.45, 7) is 5.13. The highest BCUT2D eigenvalue weighted by atomic mass is 32.2. The SMILES string of the molecule is CC(C)(C)OC(=O)n1cc(N=S(=O)=O)cc1N. The molecule has 0 aliphatic rings. The molecule has 7 nitrogen and oxygen atoms in total. The van der Waals surface area contributed by atoms with E-state index >= 15 is 0 Å². The fourth-order valence-electron chi connectivity index (χ4n) is 1.07. The average Bonchev–Trinajstić information content (AvgIpc) is 2.42. The number of nitrogens with two attached hydrogens (primary N) is 1. The first-order chi connectivity index (χ1) is 7.69. The Hall–Kier alpha value is -1.83. The van der Waals surface area contributed by atoms with Crippen LogP contribution < -0.4 is 5.73 Å². The van der Waals surface area contributed by atoms with E-state index in [1.54, 1.807) is 20.8 Å². The molecule has 0 unspecified atom stereocenters. The van der Waals surface area contributed by atoms with Gasteiger partial charge in [-0.05, 0) is 20.8 Å². The predicted octanol–water partition coefficient (Wildman–Crippen LogP) is 1.55. The van der Waals surface area contributed by atoms with Crippen LogP contribution >= 0.6 is 0 Å². The summed E-state index contributed by atoms with van der Waals surface area (Å²) in [4.78, 5) is 11.6. The molecule has 2 N–H and O–H groups in total. The van der Waals surface area contributed by atoms with Crippen LogP contribution in [0.2, 0.25) is 0 Å². The summed E-state index contributed by atoms with van der Waals surface area (Å²) < 4.78 is 30.0. The van der Waals surface area contributed by atoms with Crippen molar-refractivity contribution in [3.05, 3.63) is 12.3 Å². The normalized spacial score (nSPS) is 11.0. The zero-order valence-electron chi connectivity index (χ0n) is 9.67. The van der Waals surface area contributed by atoms with Crippen molar-refractivity contribution in [3.8, 4) is 0 Å². The van der Waals surface area contributed by atoms with Gasteiger partial charge in [-0.15, -0.1) is 4.36 Å². The molecule has 0 aliphatic heterocycles. The third-order valence-electron chi connectivity index (χ3n) is 1.61. The summed E-state index contributed by atoms with van der Waals surface area (Å²) in [5.41, 5.74) is 4.95. The third-order valence-corrected chi connectivity index (χ3v) is 1.97. The van der Waals surface area contributed by atoms with Crippen molar-refractivity contribution in [1.29, 1.82) is 0 Å². The Morgan fingerprint density at radius 1 is 1.47 bits per heavy atom. The highest BCUT2D eigenvalue weighted by Crippen LogP contribution is 2.20. The van der Waals surface area contributed by atoms with Gasteiger partial charge in [0.15, 0.2) is 0 Å². The molecule has 0 bridgehead atoms. The first-order valence-electron chi connectivity index (χ1n) is 4.71. The minimum absolute atomic E-state index is 0.0588. The molecule has 17 heavy (non-hydrogen) atoms. The van der Waals surface area contributed by atoms with E-state index in [9.17, 15) is 13.2 Å². The van der Waals surface area contributed by atoms with Gasteiger partial charge in [-0.25, -0.2) is 9.36 Å². The molecule has 1 aromatic heterocycles. The Balaban J connectivity index is 3.04. The van der Waals surface area contributed by atoms with Gasteiger partial charge in [-0.2, -0.15) is 8.42 Å². The Morgan fingerprint density at radius 3 is 2.53 bits per heavy atom. The van der Waals surface area contributed by atoms with Crippen LogP contribution in [0.5, 0.6) is 0 Å². The van der Waals surface area contributed by atoms with Crippen LogP contribution in [0.25, 0.3) is 0 Å². The summed E-state index contributed by atoms with van der Waals surface area (Å²) in [5.74, 6) is 0.0588. The van der Waals surface area contributed by atoms with Gasteiger partial charge in [0, 0.05) is 12.3 Å². The van der Waals surface area contributed by atoms with E-state index in [2.05, 4.69) is 4.36 Å². The molecule has 0 amide bonds. The maximum Gasteiger partial charge on any atom is 0.420 e. The maximum atomic E-state index is 11.6. The van der Waals surface area contributed by atoms with E-state index in [-0.39, 0.29) is 11.5 Å². The maximum absolute atomic E-state index is 11.6. The topological polar surface area (TPSA) is 104 Å². The third kappa shape index (κ3) is 3.91. The van der Waals surface area contributed by atoms with Crippen LogP contribution in [0.1, 0.15) is 20.8 Å². The highest BCUT2D eigenvalue weighted by Gasteiger charge is 2.19. The molecule has 0 saturated heterocycles. The van der Waals surface area contributed by atoms with E-state index in [0.717, 1.165) is 4.57 Å². The van der Waals surface area contributed by atoms with Crippen molar-refractivity contribution >= 4 is 28.1 Å². The van der Waals surface area contributed by atoms with Gasteiger partial charge in [0.25, 0.3) is 0 Å². The molecule has 1 aromatic rings. The monoisotopic (exact) mass is 259 g/mol. The largest absolute Gasteiger partial charge is 0.443 e. The summed E-state index contributed by atoms with van der Waals surface area (Å²) >= 11 is 0. The van der Waals surface area contributed by atoms with Crippen molar-refractivity contribution in [2.24, 2.45) is 4.36 Å². The Bertz CT molecular complexity index is 558. The van der Waals surface area contributed by atoms with E-state index < -0.39 is 22.2 Å². The van der Waals surface area contributed by atoms with Crippen molar-refractivity contribution in [2.75, 3.05) is 5.73 Å². The van der Waals surface area contributed by atoms with Crippen LogP contribution in [0, 0.1) is 0 Å². The number of aromatic nitrogens is 1. The second-order valence-corrected chi connectivity index (χ2v) is 4.90. The van der Waals surface area contributed by atoms with Crippen LogP contribution in [0.3, 0.4) is 0 Å². The lowest BCUT2D eigenvalue weighted by Crippen LogP contribution is -2.27. The molecular formula is C9H13N3O4S. The zero-order chi connectivity index (χ0) is 13.2. The number of ether oxygens (including phenoxy) is 1. The zero-order valence-corrected chi connectivity index (χ0v) is 10.5. The van der Waals surface area contributed by atoms with Gasteiger partial charge in [0.2, 0.25) is 0 Å². The lowest BCUT2D eigenvalue weighted by molar-refractivity contribution is 0.0541. The summed E-state index contributed by atoms with van der Waals surface area (Å²) in [6, 6.07) is 1.26. The molecule has 0 radical (unpaired) electrons. The quantitative estimate of drug-likeness (QED) is 0.823. The first kappa shape index (κ1) is 13.2. The Morgan fingerprint density at radius 2 is 2.06 bits per heavy atom. The van der Waals surface area contributed by atoms with Crippen LogP contribution in [0.15, 0.2) is 16.6 Å². The number of rotatable bonds is 1. The molecule has 1 heterocycles. The minimum Gasteiger partial charge on any atom is -0.443 e. The summed E-state index contributed by atoms with van der Waals surface area (Å²) in [5, 5.41) is 0. The van der Waals surface area contributed by atoms with Gasteiger partial charge in [0.05, 0.1) is 0 Å². The molecule has 0 aliphatic carbocycles. The lowest BCUT2D eigenvalue weighted by Gasteiger charge is -2.19. The molecule has 0 atom stereocenters. The standard InChI is InChI=1S/C9H13N3O4S/c1-9(2,3)16-8(13)12-5-6(4-7(12)10)11-17(14)15/h4-5H,10H2,1-3H3. The van der Waals surface area contributed by atoms with Gasteiger partial charge in [-0.3, -0.25) is 0 Å². The number of carbonyl (C=O) groups is 1. The van der Waals surface area contributed by atoms with Crippen molar-refractivity contribution in [3.63, 3.8) is 0 Å². The van der Waals surface area contributed by atoms with Gasteiger partial charge in [0.1, 0.15) is 17.1 Å². The van der Waals surface area contributed by atoms with Gasteiger partial charge < -0.3 is 10.5 Å². The van der Waals surface area contributed by atoms with Crippen molar-refractivity contribution in [1.82, 2.24) is 4.57 Å². The van der Waals surface area contributed by atoms with E-state index in [1.165, 1.54) is 12.3 Å². The molecule has 94 valence electrons. The average molecular weight is 259 g/mol. The Labute approximate surface area is 99.9 Å². The lowest BCUT2D eigenvalue weighted by atomic mass is 10.2. The van der Waals surface area contributed by atoms with Crippen LogP contribution in [-0.4, -0.2) is 24.7 Å². The molecule has 0 aromatic carbocycles. The highest BCUT2D eigenvalue weighted by molar-refractivity contribution is 7.61. The fourth-order valence-corrected chi connectivity index (χ4v) is 1.34. The Kier molecular flexibility index (Phi) is 3.56. The molecule has 0 saturated carbocycles. The predicted molar refractivity (Wildman–Crippen MR) is 61.5 cm³/mol. The van der Waals surface area contributed by atoms with E-state index in [0.29, 0.717) is 0 Å². The number of nitrogens with zero attached hydrogens (tertiary/aromatic N) is 2. The van der Waals surface area contributed by atoms with E-state index in [4.69, 9.17) is 10.5 Å². The second kappa shape index (κ2) is 4.58. The number of nitrogen functional groups attached to an aromatic ring is 1. The van der Waals surface area contributed by atoms with Crippen LogP contribution in [-0.2, 0) is 15.2 Å². The number of anilines is 1. The molecule has 0 spiro atoms. The number of hydrogen-bond acceptors (Lipinski definition) is 6. The smallest absolute Gasteiger partial charge is 0.420 e. The summed E-state index contributed by atoms with van der Waals surface area (Å²) in [7, 11) is -2.59. The number of hydrogen-bond donors (Lipinski definition) is 1. The molecule has 1 rings (SSSR count). The second-order valence-electron chi connectivity index (χ2n) is 4.28. The molecule has 0 fully saturated rings. The molecular weight excluding hydrogens is 246 g/mol. The minimum atomic E-state index is -2.59. The van der Waals surface area contributed by atoms with Crippen LogP contribution in [0.4, 0.5) is 16.3 Å². The van der Waals surface area contributed by atoms with Gasteiger partial charge >= 0.3 is 16.6 Å². The number of carbonyl (C=O) groups excluding carboxylic acids is 1.